The van der Waals surface area contributed by atoms with Crippen LogP contribution in [0.25, 0.3) is 0 Å². The Morgan fingerprint density at radius 2 is 1.96 bits per heavy atom. The zero-order chi connectivity index (χ0) is 17.6. The van der Waals surface area contributed by atoms with E-state index in [1.807, 2.05) is 17.9 Å². The summed E-state index contributed by atoms with van der Waals surface area (Å²) in [5, 5.41) is 7.65. The normalized spacial score (nSPS) is 16.8. The van der Waals surface area contributed by atoms with Crippen LogP contribution in [0.2, 0.25) is 0 Å². The van der Waals surface area contributed by atoms with Gasteiger partial charge >= 0.3 is 0 Å². The van der Waals surface area contributed by atoms with Gasteiger partial charge in [-0.2, -0.15) is 0 Å². The van der Waals surface area contributed by atoms with Crippen LogP contribution in [0.3, 0.4) is 0 Å². The van der Waals surface area contributed by atoms with Crippen molar-refractivity contribution >= 4 is 17.7 Å². The Bertz CT molecular complexity index is 682. The summed E-state index contributed by atoms with van der Waals surface area (Å²) in [6.07, 6.45) is 0.822. The van der Waals surface area contributed by atoms with E-state index in [-0.39, 0.29) is 5.91 Å². The van der Waals surface area contributed by atoms with Crippen LogP contribution < -0.4 is 0 Å². The lowest BCUT2D eigenvalue weighted by Gasteiger charge is -2.38. The van der Waals surface area contributed by atoms with Crippen LogP contribution in [0.1, 0.15) is 31.3 Å². The van der Waals surface area contributed by atoms with Crippen molar-refractivity contribution in [1.29, 1.82) is 0 Å². The third-order valence-electron chi connectivity index (χ3n) is 4.67. The molecular formula is C18H25N5OS. The summed E-state index contributed by atoms with van der Waals surface area (Å²) in [6, 6.07) is 10.9. The van der Waals surface area contributed by atoms with Crippen molar-refractivity contribution in [3.63, 3.8) is 0 Å². The highest BCUT2D eigenvalue weighted by Gasteiger charge is 2.24. The van der Waals surface area contributed by atoms with Crippen LogP contribution in [-0.4, -0.2) is 62.8 Å². The van der Waals surface area contributed by atoms with E-state index in [0.29, 0.717) is 17.0 Å². The van der Waals surface area contributed by atoms with Crippen LogP contribution in [0, 0.1) is 0 Å². The third kappa shape index (κ3) is 4.61. The van der Waals surface area contributed by atoms with Crippen molar-refractivity contribution in [2.45, 2.75) is 31.5 Å². The highest BCUT2D eigenvalue weighted by Crippen LogP contribution is 2.22. The van der Waals surface area contributed by atoms with Crippen LogP contribution >= 0.6 is 11.8 Å². The molecule has 25 heavy (non-hydrogen) atoms. The second-order valence-corrected chi connectivity index (χ2v) is 7.15. The Morgan fingerprint density at radius 3 is 2.60 bits per heavy atom. The molecule has 1 N–H and O–H groups in total. The minimum atomic E-state index is 0.167. The van der Waals surface area contributed by atoms with Gasteiger partial charge in [0.2, 0.25) is 11.1 Å². The summed E-state index contributed by atoms with van der Waals surface area (Å²) in [6.45, 7) is 7.64. The van der Waals surface area contributed by atoms with E-state index in [9.17, 15) is 4.79 Å². The van der Waals surface area contributed by atoms with E-state index in [1.54, 1.807) is 0 Å². The lowest BCUT2D eigenvalue weighted by molar-refractivity contribution is -0.130. The number of aryl methyl sites for hydroxylation is 1. The van der Waals surface area contributed by atoms with Gasteiger partial charge in [-0.15, -0.1) is 5.10 Å². The molecule has 0 radical (unpaired) electrons. The first-order chi connectivity index (χ1) is 12.2. The smallest absolute Gasteiger partial charge is 0.233 e. The molecule has 2 aromatic rings. The molecule has 1 aliphatic rings. The maximum absolute atomic E-state index is 12.4. The fourth-order valence-corrected chi connectivity index (χ4v) is 3.74. The van der Waals surface area contributed by atoms with Gasteiger partial charge in [-0.25, -0.2) is 4.98 Å². The molecule has 6 nitrogen and oxygen atoms in total. The van der Waals surface area contributed by atoms with E-state index in [4.69, 9.17) is 0 Å². The molecule has 134 valence electrons. The Morgan fingerprint density at radius 1 is 1.24 bits per heavy atom. The van der Waals surface area contributed by atoms with Crippen molar-refractivity contribution < 1.29 is 4.79 Å². The van der Waals surface area contributed by atoms with Gasteiger partial charge in [0.25, 0.3) is 0 Å². The van der Waals surface area contributed by atoms with Gasteiger partial charge < -0.3 is 4.90 Å². The number of carbonyl (C=O) groups is 1. The summed E-state index contributed by atoms with van der Waals surface area (Å²) in [4.78, 5) is 21.1. The predicted octanol–water partition coefficient (Wildman–Crippen LogP) is 2.36. The number of piperazine rings is 1. The molecule has 3 rings (SSSR count). The molecule has 2 heterocycles. The quantitative estimate of drug-likeness (QED) is 0.802. The zero-order valence-electron chi connectivity index (χ0n) is 14.8. The molecule has 0 saturated carbocycles. The molecule has 1 atom stereocenters. The highest BCUT2D eigenvalue weighted by atomic mass is 32.2. The molecule has 1 aliphatic heterocycles. The number of benzene rings is 1. The maximum Gasteiger partial charge on any atom is 0.233 e. The number of nitrogens with one attached hydrogen (secondary N) is 1. The molecule has 7 heteroatoms. The minimum absolute atomic E-state index is 0.167. The van der Waals surface area contributed by atoms with Crippen molar-refractivity contribution in [2.24, 2.45) is 0 Å². The summed E-state index contributed by atoms with van der Waals surface area (Å²) in [7, 11) is 0. The number of thioether (sulfide) groups is 1. The minimum Gasteiger partial charge on any atom is -0.339 e. The lowest BCUT2D eigenvalue weighted by Crippen LogP contribution is -2.49. The standard InChI is InChI=1S/C18H25N5OS/c1-3-16-19-18(21-20-16)25-13-17(24)23-11-9-22(10-12-23)14(2)15-7-5-4-6-8-15/h4-8,14H,3,9-13H2,1-2H3,(H,19,20,21)/t14-/m0/s1. The van der Waals surface area contributed by atoms with Gasteiger partial charge in [-0.1, -0.05) is 49.0 Å². The summed E-state index contributed by atoms with van der Waals surface area (Å²) < 4.78 is 0. The topological polar surface area (TPSA) is 65.1 Å². The SMILES string of the molecule is CCc1nc(SCC(=O)N2CCN([C@@H](C)c3ccccc3)CC2)n[nH]1. The van der Waals surface area contributed by atoms with E-state index >= 15 is 0 Å². The number of rotatable bonds is 6. The molecule has 1 saturated heterocycles. The van der Waals surface area contributed by atoms with E-state index < -0.39 is 0 Å². The van der Waals surface area contributed by atoms with Gasteiger partial charge in [0.15, 0.2) is 0 Å². The predicted molar refractivity (Wildman–Crippen MR) is 99.5 cm³/mol. The van der Waals surface area contributed by atoms with Crippen LogP contribution in [0.5, 0.6) is 0 Å². The Labute approximate surface area is 153 Å². The highest BCUT2D eigenvalue weighted by molar-refractivity contribution is 7.99. The molecule has 1 aromatic heterocycles. The first kappa shape index (κ1) is 17.9. The molecule has 0 unspecified atom stereocenters. The monoisotopic (exact) mass is 359 g/mol. The van der Waals surface area contributed by atoms with E-state index in [1.165, 1.54) is 17.3 Å². The zero-order valence-corrected chi connectivity index (χ0v) is 15.6. The second-order valence-electron chi connectivity index (χ2n) is 6.21. The molecule has 0 bridgehead atoms. The van der Waals surface area contributed by atoms with Gasteiger partial charge in [0.1, 0.15) is 5.82 Å². The lowest BCUT2D eigenvalue weighted by atomic mass is 10.1. The number of amides is 1. The molecule has 1 fully saturated rings. The maximum atomic E-state index is 12.4. The number of carbonyl (C=O) groups excluding carboxylic acids is 1. The van der Waals surface area contributed by atoms with Gasteiger partial charge in [-0.3, -0.25) is 14.8 Å². The Hall–Kier alpha value is -1.86. The first-order valence-electron chi connectivity index (χ1n) is 8.78. The van der Waals surface area contributed by atoms with Gasteiger partial charge in [-0.05, 0) is 12.5 Å². The van der Waals surface area contributed by atoms with Crippen molar-refractivity contribution in [2.75, 3.05) is 31.9 Å². The fourth-order valence-electron chi connectivity index (χ4n) is 3.02. The number of nitrogens with zero attached hydrogens (tertiary/aromatic N) is 4. The second kappa shape index (κ2) is 8.49. The third-order valence-corrected chi connectivity index (χ3v) is 5.50. The van der Waals surface area contributed by atoms with Crippen LogP contribution in [0.4, 0.5) is 0 Å². The number of hydrogen-bond acceptors (Lipinski definition) is 5. The van der Waals surface area contributed by atoms with Gasteiger partial charge in [0, 0.05) is 38.6 Å². The number of hydrogen-bond donors (Lipinski definition) is 1. The molecule has 0 aliphatic carbocycles. The average Bonchev–Trinajstić information content (AvgIpc) is 3.14. The molecule has 1 aromatic carbocycles. The Balaban J connectivity index is 1.46. The first-order valence-corrected chi connectivity index (χ1v) is 9.76. The van der Waals surface area contributed by atoms with Crippen molar-refractivity contribution in [3.8, 4) is 0 Å². The molecule has 1 amide bonds. The molecule has 0 spiro atoms. The van der Waals surface area contributed by atoms with Crippen LogP contribution in [0.15, 0.2) is 35.5 Å². The summed E-state index contributed by atoms with van der Waals surface area (Å²) in [5.74, 6) is 1.42. The number of aromatic nitrogens is 3. The summed E-state index contributed by atoms with van der Waals surface area (Å²) >= 11 is 1.40. The van der Waals surface area contributed by atoms with E-state index in [0.717, 1.165) is 38.4 Å². The number of H-pyrrole nitrogens is 1. The fraction of sp³-hybridized carbons (Fsp3) is 0.500. The summed E-state index contributed by atoms with van der Waals surface area (Å²) in [5.41, 5.74) is 1.33. The number of aromatic amines is 1. The Kier molecular flexibility index (Phi) is 6.09. The van der Waals surface area contributed by atoms with Crippen molar-refractivity contribution in [3.05, 3.63) is 41.7 Å². The van der Waals surface area contributed by atoms with Crippen molar-refractivity contribution in [1.82, 2.24) is 25.0 Å². The molecular weight excluding hydrogens is 334 g/mol. The van der Waals surface area contributed by atoms with Crippen LogP contribution in [-0.2, 0) is 11.2 Å². The average molecular weight is 359 g/mol. The van der Waals surface area contributed by atoms with Gasteiger partial charge in [0.05, 0.1) is 5.75 Å². The van der Waals surface area contributed by atoms with E-state index in [2.05, 4.69) is 51.3 Å². The largest absolute Gasteiger partial charge is 0.339 e.